The van der Waals surface area contributed by atoms with Crippen LogP contribution in [0.4, 0.5) is 0 Å². The maximum Gasteiger partial charge on any atom is 0.257 e. The third-order valence-electron chi connectivity index (χ3n) is 7.15. The lowest BCUT2D eigenvalue weighted by Gasteiger charge is -2.51. The van der Waals surface area contributed by atoms with Crippen LogP contribution < -0.4 is 5.56 Å². The number of fused-ring (bicyclic) bond motifs is 1. The fourth-order valence-electron chi connectivity index (χ4n) is 5.71. The van der Waals surface area contributed by atoms with E-state index in [2.05, 4.69) is 60.1 Å². The smallest absolute Gasteiger partial charge is 0.257 e. The molecule has 0 unspecified atom stereocenters. The van der Waals surface area contributed by atoms with E-state index < -0.39 is 0 Å². The zero-order valence-electron chi connectivity index (χ0n) is 20.2. The summed E-state index contributed by atoms with van der Waals surface area (Å²) in [6.45, 7) is 8.05. The highest BCUT2D eigenvalue weighted by Gasteiger charge is 2.40. The fourth-order valence-corrected chi connectivity index (χ4v) is 5.71. The van der Waals surface area contributed by atoms with E-state index in [1.54, 1.807) is 6.20 Å². The van der Waals surface area contributed by atoms with Crippen LogP contribution in [0, 0.1) is 5.41 Å². The molecule has 0 atom stereocenters. The Morgan fingerprint density at radius 2 is 1.62 bits per heavy atom. The Balaban J connectivity index is 1.43. The third kappa shape index (κ3) is 4.43. The summed E-state index contributed by atoms with van der Waals surface area (Å²) in [5.74, 6) is 0. The molecule has 1 saturated heterocycles. The highest BCUT2D eigenvalue weighted by Crippen LogP contribution is 2.40. The third-order valence-corrected chi connectivity index (χ3v) is 7.15. The number of nitrogens with zero attached hydrogens (tertiary/aromatic N) is 2. The summed E-state index contributed by atoms with van der Waals surface area (Å²) in [6.07, 6.45) is 6.90. The average Bonchev–Trinajstić information content (AvgIpc) is 2.84. The minimum absolute atomic E-state index is 0.110. The largest absolute Gasteiger partial charge is 0.328 e. The van der Waals surface area contributed by atoms with Gasteiger partial charge in [-0.1, -0.05) is 81.3 Å². The van der Waals surface area contributed by atoms with Crippen LogP contribution in [0.15, 0.2) is 77.7 Å². The molecule has 1 aliphatic rings. The Morgan fingerprint density at radius 3 is 2.29 bits per heavy atom. The molecule has 1 aliphatic heterocycles. The van der Waals surface area contributed by atoms with E-state index in [9.17, 15) is 4.79 Å². The fraction of sp³-hybridized carbons (Fsp3) is 0.333. The van der Waals surface area contributed by atoms with Crippen molar-refractivity contribution in [1.82, 2.24) is 14.9 Å². The second-order valence-corrected chi connectivity index (χ2v) is 9.83. The number of hydrogen-bond donors (Lipinski definition) is 1. The zero-order chi connectivity index (χ0) is 23.5. The van der Waals surface area contributed by atoms with Crippen LogP contribution >= 0.6 is 0 Å². The van der Waals surface area contributed by atoms with Gasteiger partial charge in [0, 0.05) is 37.0 Å². The van der Waals surface area contributed by atoms with Crippen LogP contribution in [0.25, 0.3) is 33.3 Å². The van der Waals surface area contributed by atoms with E-state index >= 15 is 0 Å². The van der Waals surface area contributed by atoms with Crippen LogP contribution in [0.5, 0.6) is 0 Å². The first-order valence-corrected chi connectivity index (χ1v) is 12.5. The van der Waals surface area contributed by atoms with Gasteiger partial charge in [0.1, 0.15) is 0 Å². The number of benzene rings is 2. The van der Waals surface area contributed by atoms with Crippen molar-refractivity contribution < 1.29 is 0 Å². The van der Waals surface area contributed by atoms with Gasteiger partial charge in [-0.05, 0) is 41.5 Å². The van der Waals surface area contributed by atoms with Crippen LogP contribution in [-0.2, 0) is 6.54 Å². The molecule has 0 aliphatic carbocycles. The Labute approximate surface area is 201 Å². The zero-order valence-corrected chi connectivity index (χ0v) is 20.2. The second-order valence-electron chi connectivity index (χ2n) is 9.83. The Kier molecular flexibility index (Phi) is 6.34. The molecule has 0 spiro atoms. The molecule has 1 fully saturated rings. The topological polar surface area (TPSA) is 49.0 Å². The molecule has 1 N–H and O–H groups in total. The van der Waals surface area contributed by atoms with Gasteiger partial charge in [-0.3, -0.25) is 9.69 Å². The number of H-pyrrole nitrogens is 1. The minimum Gasteiger partial charge on any atom is -0.328 e. The molecule has 0 bridgehead atoms. The van der Waals surface area contributed by atoms with E-state index in [1.165, 1.54) is 44.3 Å². The van der Waals surface area contributed by atoms with Crippen molar-refractivity contribution in [2.75, 3.05) is 13.1 Å². The number of rotatable bonds is 8. The lowest BCUT2D eigenvalue weighted by atomic mass is 9.72. The van der Waals surface area contributed by atoms with E-state index in [-0.39, 0.29) is 5.56 Å². The average molecular weight is 452 g/mol. The highest BCUT2D eigenvalue weighted by molar-refractivity contribution is 5.91. The van der Waals surface area contributed by atoms with E-state index in [0.717, 1.165) is 28.9 Å². The molecule has 174 valence electrons. The molecule has 5 rings (SSSR count). The molecule has 4 nitrogen and oxygen atoms in total. The lowest BCUT2D eigenvalue weighted by molar-refractivity contribution is -0.0203. The SMILES string of the molecule is CCCC1(CCC)CN(Cc2ccc(-c3nc4cc[nH]c(=O)c4cc3-c3ccccc3)cc2)C1. The molecule has 2 aromatic carbocycles. The summed E-state index contributed by atoms with van der Waals surface area (Å²) >= 11 is 0. The maximum atomic E-state index is 12.4. The van der Waals surface area contributed by atoms with Gasteiger partial charge in [0.05, 0.1) is 16.6 Å². The number of hydrogen-bond acceptors (Lipinski definition) is 3. The van der Waals surface area contributed by atoms with Crippen molar-refractivity contribution in [3.63, 3.8) is 0 Å². The summed E-state index contributed by atoms with van der Waals surface area (Å²) in [5.41, 5.74) is 6.49. The molecule has 0 saturated carbocycles. The van der Waals surface area contributed by atoms with Crippen molar-refractivity contribution in [3.05, 3.63) is 88.8 Å². The van der Waals surface area contributed by atoms with Crippen molar-refractivity contribution in [2.45, 2.75) is 46.1 Å². The van der Waals surface area contributed by atoms with Crippen LogP contribution in [-0.4, -0.2) is 28.0 Å². The minimum atomic E-state index is -0.110. The van der Waals surface area contributed by atoms with Gasteiger partial charge in [-0.25, -0.2) is 4.98 Å². The van der Waals surface area contributed by atoms with Gasteiger partial charge in [0.25, 0.3) is 5.56 Å². The number of aromatic nitrogens is 2. The summed E-state index contributed by atoms with van der Waals surface area (Å²) < 4.78 is 0. The number of pyridine rings is 2. The monoisotopic (exact) mass is 451 g/mol. The Bertz CT molecular complexity index is 1310. The molecule has 0 radical (unpaired) electrons. The standard InChI is InChI=1S/C30H33N3O/c1-3-15-30(16-4-2)20-33(21-30)19-22-10-12-24(13-11-22)28-25(23-8-6-5-7-9-23)18-26-27(32-28)14-17-31-29(26)34/h5-14,17-18H,3-4,15-16,19-21H2,1-2H3,(H,31,34). The summed E-state index contributed by atoms with van der Waals surface area (Å²) in [6, 6.07) is 22.8. The summed E-state index contributed by atoms with van der Waals surface area (Å²) in [7, 11) is 0. The van der Waals surface area contributed by atoms with E-state index in [4.69, 9.17) is 4.98 Å². The van der Waals surface area contributed by atoms with Crippen LogP contribution in [0.2, 0.25) is 0 Å². The van der Waals surface area contributed by atoms with Gasteiger partial charge in [-0.2, -0.15) is 0 Å². The Hall–Kier alpha value is -3.24. The normalized spacial score (nSPS) is 15.4. The molecule has 2 aromatic heterocycles. The maximum absolute atomic E-state index is 12.4. The molecular formula is C30H33N3O. The number of nitrogens with one attached hydrogen (secondary N) is 1. The van der Waals surface area contributed by atoms with Gasteiger partial charge < -0.3 is 4.98 Å². The van der Waals surface area contributed by atoms with Gasteiger partial charge in [0.15, 0.2) is 0 Å². The molecule has 4 aromatic rings. The van der Waals surface area contributed by atoms with Crippen molar-refractivity contribution >= 4 is 10.9 Å². The molecule has 4 heteroatoms. The van der Waals surface area contributed by atoms with Crippen LogP contribution in [0.3, 0.4) is 0 Å². The quantitative estimate of drug-likeness (QED) is 0.326. The molecular weight excluding hydrogens is 418 g/mol. The predicted octanol–water partition coefficient (Wildman–Crippen LogP) is 6.66. The first-order chi connectivity index (χ1) is 16.6. The summed E-state index contributed by atoms with van der Waals surface area (Å²) in [5, 5.41) is 0.613. The van der Waals surface area contributed by atoms with Gasteiger partial charge in [0.2, 0.25) is 0 Å². The molecule has 3 heterocycles. The molecule has 0 amide bonds. The van der Waals surface area contributed by atoms with Crippen molar-refractivity contribution in [3.8, 4) is 22.4 Å². The molecule has 34 heavy (non-hydrogen) atoms. The van der Waals surface area contributed by atoms with E-state index in [1.807, 2.05) is 30.3 Å². The lowest BCUT2D eigenvalue weighted by Crippen LogP contribution is -2.55. The Morgan fingerprint density at radius 1 is 0.912 bits per heavy atom. The van der Waals surface area contributed by atoms with E-state index in [0.29, 0.717) is 16.3 Å². The van der Waals surface area contributed by atoms with Gasteiger partial charge in [-0.15, -0.1) is 0 Å². The van der Waals surface area contributed by atoms with Crippen molar-refractivity contribution in [2.24, 2.45) is 5.41 Å². The van der Waals surface area contributed by atoms with Gasteiger partial charge >= 0.3 is 0 Å². The highest BCUT2D eigenvalue weighted by atomic mass is 16.1. The predicted molar refractivity (Wildman–Crippen MR) is 141 cm³/mol. The van der Waals surface area contributed by atoms with Crippen molar-refractivity contribution in [1.29, 1.82) is 0 Å². The first kappa shape index (κ1) is 22.5. The van der Waals surface area contributed by atoms with Crippen LogP contribution in [0.1, 0.15) is 45.1 Å². The summed E-state index contributed by atoms with van der Waals surface area (Å²) in [4.78, 5) is 22.7. The second kappa shape index (κ2) is 9.55. The number of likely N-dealkylation sites (tertiary alicyclic amines) is 1. The first-order valence-electron chi connectivity index (χ1n) is 12.5. The number of aromatic amines is 1.